The lowest BCUT2D eigenvalue weighted by atomic mass is 10.1. The molecule has 0 heterocycles. The van der Waals surface area contributed by atoms with Gasteiger partial charge in [-0.15, -0.1) is 0 Å². The van der Waals surface area contributed by atoms with Crippen LogP contribution in [0.15, 0.2) is 78.9 Å². The molecule has 0 aliphatic carbocycles. The lowest BCUT2D eigenvalue weighted by Gasteiger charge is -2.11. The monoisotopic (exact) mass is 432 g/mol. The maximum atomic E-state index is 13.7. The molecule has 162 valence electrons. The maximum absolute atomic E-state index is 13.7. The number of benzene rings is 3. The molecule has 7 heteroatoms. The summed E-state index contributed by atoms with van der Waals surface area (Å²) in [6.07, 6.45) is 2.64. The largest absolute Gasteiger partial charge is 0.427 e. The SMILES string of the molecule is CC(=O)Oc1cccc(C(=O)NCc2ccccc2NC(=O)/C=C/c2ccccc2F)c1. The van der Waals surface area contributed by atoms with E-state index in [1.165, 1.54) is 31.2 Å². The van der Waals surface area contributed by atoms with E-state index < -0.39 is 17.7 Å². The van der Waals surface area contributed by atoms with E-state index in [-0.39, 0.29) is 18.2 Å². The van der Waals surface area contributed by atoms with E-state index in [9.17, 15) is 18.8 Å². The van der Waals surface area contributed by atoms with Gasteiger partial charge in [0.2, 0.25) is 5.91 Å². The second-order valence-corrected chi connectivity index (χ2v) is 6.81. The quantitative estimate of drug-likeness (QED) is 0.331. The topological polar surface area (TPSA) is 84.5 Å². The molecule has 2 N–H and O–H groups in total. The molecular weight excluding hydrogens is 411 g/mol. The Morgan fingerprint density at radius 1 is 0.969 bits per heavy atom. The van der Waals surface area contributed by atoms with Crippen molar-refractivity contribution in [1.82, 2.24) is 5.32 Å². The average molecular weight is 432 g/mol. The first-order valence-electron chi connectivity index (χ1n) is 9.80. The van der Waals surface area contributed by atoms with Crippen LogP contribution in [0.5, 0.6) is 5.75 Å². The number of ether oxygens (including phenoxy) is 1. The number of carbonyl (C=O) groups is 3. The molecule has 0 spiro atoms. The van der Waals surface area contributed by atoms with Gasteiger partial charge in [-0.25, -0.2) is 4.39 Å². The third-order valence-electron chi connectivity index (χ3n) is 4.39. The van der Waals surface area contributed by atoms with Gasteiger partial charge in [-0.1, -0.05) is 42.5 Å². The lowest BCUT2D eigenvalue weighted by Crippen LogP contribution is -2.23. The van der Waals surface area contributed by atoms with Crippen molar-refractivity contribution in [2.45, 2.75) is 13.5 Å². The molecule has 0 fully saturated rings. The highest BCUT2D eigenvalue weighted by Gasteiger charge is 2.10. The molecule has 3 rings (SSSR count). The molecule has 3 aromatic carbocycles. The van der Waals surface area contributed by atoms with Gasteiger partial charge in [-0.05, 0) is 42.0 Å². The summed E-state index contributed by atoms with van der Waals surface area (Å²) < 4.78 is 18.7. The van der Waals surface area contributed by atoms with Crippen LogP contribution in [-0.4, -0.2) is 17.8 Å². The van der Waals surface area contributed by atoms with Crippen LogP contribution in [0.2, 0.25) is 0 Å². The molecule has 0 unspecified atom stereocenters. The number of halogens is 1. The van der Waals surface area contributed by atoms with Crippen LogP contribution in [0.1, 0.15) is 28.4 Å². The summed E-state index contributed by atoms with van der Waals surface area (Å²) in [7, 11) is 0. The van der Waals surface area contributed by atoms with Crippen LogP contribution in [0.4, 0.5) is 10.1 Å². The van der Waals surface area contributed by atoms with Crippen LogP contribution < -0.4 is 15.4 Å². The second-order valence-electron chi connectivity index (χ2n) is 6.81. The standard InChI is InChI=1S/C25H21FN2O4/c1-17(29)32-21-10-6-9-19(15-21)25(31)27-16-20-8-3-5-12-23(20)28-24(30)14-13-18-7-2-4-11-22(18)26/h2-15H,16H2,1H3,(H,27,31)(H,28,30)/b14-13+. The summed E-state index contributed by atoms with van der Waals surface area (Å²) in [5.74, 6) is -1.41. The van der Waals surface area contributed by atoms with E-state index in [0.29, 0.717) is 22.4 Å². The number of para-hydroxylation sites is 1. The van der Waals surface area contributed by atoms with Crippen molar-refractivity contribution in [3.05, 3.63) is 101 Å². The van der Waals surface area contributed by atoms with Gasteiger partial charge >= 0.3 is 5.97 Å². The smallest absolute Gasteiger partial charge is 0.308 e. The van der Waals surface area contributed by atoms with E-state index in [1.807, 2.05) is 0 Å². The third-order valence-corrected chi connectivity index (χ3v) is 4.39. The van der Waals surface area contributed by atoms with Crippen LogP contribution in [0, 0.1) is 5.82 Å². The molecule has 0 aliphatic rings. The Morgan fingerprint density at radius 3 is 2.50 bits per heavy atom. The zero-order chi connectivity index (χ0) is 22.9. The Balaban J connectivity index is 1.64. The van der Waals surface area contributed by atoms with Crippen LogP contribution >= 0.6 is 0 Å². The second kappa shape index (κ2) is 10.7. The third kappa shape index (κ3) is 6.37. The lowest BCUT2D eigenvalue weighted by molar-refractivity contribution is -0.131. The van der Waals surface area contributed by atoms with E-state index in [4.69, 9.17) is 4.74 Å². The van der Waals surface area contributed by atoms with E-state index in [0.717, 1.165) is 0 Å². The zero-order valence-corrected chi connectivity index (χ0v) is 17.3. The average Bonchev–Trinajstić information content (AvgIpc) is 2.77. The molecule has 0 saturated carbocycles. The minimum absolute atomic E-state index is 0.157. The Morgan fingerprint density at radius 2 is 1.72 bits per heavy atom. The molecule has 0 aliphatic heterocycles. The first-order valence-corrected chi connectivity index (χ1v) is 9.80. The summed E-state index contributed by atoms with van der Waals surface area (Å²) in [4.78, 5) is 35.9. The summed E-state index contributed by atoms with van der Waals surface area (Å²) in [5, 5.41) is 5.51. The van der Waals surface area contributed by atoms with Crippen LogP contribution in [0.25, 0.3) is 6.08 Å². The van der Waals surface area contributed by atoms with Crippen molar-refractivity contribution in [3.8, 4) is 5.75 Å². The zero-order valence-electron chi connectivity index (χ0n) is 17.3. The summed E-state index contributed by atoms with van der Waals surface area (Å²) in [5.41, 5.74) is 1.84. The van der Waals surface area contributed by atoms with E-state index in [1.54, 1.807) is 60.7 Å². The predicted molar refractivity (Wildman–Crippen MR) is 119 cm³/mol. The fourth-order valence-electron chi connectivity index (χ4n) is 2.89. The molecule has 0 bridgehead atoms. The molecule has 0 atom stereocenters. The van der Waals surface area contributed by atoms with Gasteiger partial charge < -0.3 is 15.4 Å². The number of rotatable bonds is 7. The molecule has 0 saturated heterocycles. The minimum Gasteiger partial charge on any atom is -0.427 e. The van der Waals surface area contributed by atoms with Crippen molar-refractivity contribution in [3.63, 3.8) is 0 Å². The van der Waals surface area contributed by atoms with Gasteiger partial charge in [0.25, 0.3) is 5.91 Å². The molecule has 3 aromatic rings. The van der Waals surface area contributed by atoms with Crippen LogP contribution in [-0.2, 0) is 16.1 Å². The van der Waals surface area contributed by atoms with Crippen molar-refractivity contribution >= 4 is 29.5 Å². The molecule has 0 radical (unpaired) electrons. The van der Waals surface area contributed by atoms with Gasteiger partial charge in [0, 0.05) is 36.4 Å². The Hall–Kier alpha value is -4.26. The highest BCUT2D eigenvalue weighted by molar-refractivity contribution is 6.02. The maximum Gasteiger partial charge on any atom is 0.308 e. The summed E-state index contributed by atoms with van der Waals surface area (Å²) >= 11 is 0. The Kier molecular flexibility index (Phi) is 7.48. The first kappa shape index (κ1) is 22.4. The summed E-state index contributed by atoms with van der Waals surface area (Å²) in [6, 6.07) is 19.4. The molecule has 6 nitrogen and oxygen atoms in total. The van der Waals surface area contributed by atoms with Crippen molar-refractivity contribution < 1.29 is 23.5 Å². The number of carbonyl (C=O) groups excluding carboxylic acids is 3. The van der Waals surface area contributed by atoms with Crippen LogP contribution in [0.3, 0.4) is 0 Å². The highest BCUT2D eigenvalue weighted by Crippen LogP contribution is 2.17. The van der Waals surface area contributed by atoms with Gasteiger partial charge in [0.05, 0.1) is 0 Å². The Labute approximate surface area is 184 Å². The number of nitrogens with one attached hydrogen (secondary N) is 2. The Bertz CT molecular complexity index is 1170. The fraction of sp³-hybridized carbons (Fsp3) is 0.0800. The fourth-order valence-corrected chi connectivity index (χ4v) is 2.89. The molecule has 2 amide bonds. The van der Waals surface area contributed by atoms with Gasteiger partial charge in [0.1, 0.15) is 11.6 Å². The van der Waals surface area contributed by atoms with E-state index >= 15 is 0 Å². The predicted octanol–water partition coefficient (Wildman–Crippen LogP) is 4.33. The van der Waals surface area contributed by atoms with Gasteiger partial charge in [-0.3, -0.25) is 14.4 Å². The number of esters is 1. The number of hydrogen-bond donors (Lipinski definition) is 2. The number of hydrogen-bond acceptors (Lipinski definition) is 4. The molecule has 32 heavy (non-hydrogen) atoms. The van der Waals surface area contributed by atoms with E-state index in [2.05, 4.69) is 10.6 Å². The van der Waals surface area contributed by atoms with Crippen molar-refractivity contribution in [1.29, 1.82) is 0 Å². The molecule has 0 aromatic heterocycles. The number of amides is 2. The summed E-state index contributed by atoms with van der Waals surface area (Å²) in [6.45, 7) is 1.44. The minimum atomic E-state index is -0.476. The highest BCUT2D eigenvalue weighted by atomic mass is 19.1. The number of anilines is 1. The first-order chi connectivity index (χ1) is 15.4. The van der Waals surface area contributed by atoms with Crippen molar-refractivity contribution in [2.75, 3.05) is 5.32 Å². The normalized spacial score (nSPS) is 10.6. The van der Waals surface area contributed by atoms with Gasteiger partial charge in [0.15, 0.2) is 0 Å². The van der Waals surface area contributed by atoms with Crippen molar-refractivity contribution in [2.24, 2.45) is 0 Å². The van der Waals surface area contributed by atoms with Gasteiger partial charge in [-0.2, -0.15) is 0 Å². The molecular formula is C25H21FN2O4.